The van der Waals surface area contributed by atoms with Gasteiger partial charge in [-0.1, -0.05) is 0 Å². The quantitative estimate of drug-likeness (QED) is 0.719. The van der Waals surface area contributed by atoms with E-state index in [1.165, 1.54) is 24.0 Å². The number of amides is 1. The van der Waals surface area contributed by atoms with Crippen LogP contribution >= 0.6 is 0 Å². The average Bonchev–Trinajstić information content (AvgIpc) is 2.64. The first-order chi connectivity index (χ1) is 13.1. The summed E-state index contributed by atoms with van der Waals surface area (Å²) >= 11 is 0. The lowest BCUT2D eigenvalue weighted by Crippen LogP contribution is -2.39. The average molecular weight is 410 g/mol. The van der Waals surface area contributed by atoms with E-state index < -0.39 is 21.9 Å². The largest absolute Gasteiger partial charge is 0.491 e. The summed E-state index contributed by atoms with van der Waals surface area (Å²) in [6.45, 7) is 1.07. The fourth-order valence-corrected chi connectivity index (χ4v) is 3.37. The van der Waals surface area contributed by atoms with Crippen molar-refractivity contribution in [3.63, 3.8) is 0 Å². The van der Waals surface area contributed by atoms with E-state index in [1.807, 2.05) is 0 Å². The Kier molecular flexibility index (Phi) is 6.98. The second kappa shape index (κ2) is 9.03. The first-order valence-electron chi connectivity index (χ1n) is 8.46. The molecule has 0 aromatic heterocycles. The summed E-state index contributed by atoms with van der Waals surface area (Å²) in [4.78, 5) is 12.8. The van der Waals surface area contributed by atoms with Crippen LogP contribution in [0.15, 0.2) is 48.5 Å². The van der Waals surface area contributed by atoms with Crippen molar-refractivity contribution in [2.45, 2.75) is 13.0 Å². The second-order valence-electron chi connectivity index (χ2n) is 6.31. The highest BCUT2D eigenvalue weighted by atomic mass is 32.2. The van der Waals surface area contributed by atoms with Crippen molar-refractivity contribution in [3.8, 4) is 5.75 Å². The molecule has 0 radical (unpaired) electrons. The van der Waals surface area contributed by atoms with E-state index in [4.69, 9.17) is 4.74 Å². The van der Waals surface area contributed by atoms with E-state index in [2.05, 4.69) is 0 Å². The van der Waals surface area contributed by atoms with E-state index in [9.17, 15) is 22.7 Å². The molecular formula is C19H23FN2O5S. The molecule has 0 saturated carbocycles. The minimum absolute atomic E-state index is 0.106. The van der Waals surface area contributed by atoms with Crippen molar-refractivity contribution in [1.82, 2.24) is 0 Å². The molecular weight excluding hydrogens is 387 g/mol. The number of aliphatic hydroxyl groups is 1. The molecule has 28 heavy (non-hydrogen) atoms. The third-order valence-corrected chi connectivity index (χ3v) is 5.19. The first kappa shape index (κ1) is 21.6. The van der Waals surface area contributed by atoms with Crippen molar-refractivity contribution >= 4 is 27.3 Å². The van der Waals surface area contributed by atoms with E-state index in [0.717, 1.165) is 22.7 Å². The van der Waals surface area contributed by atoms with Gasteiger partial charge in [-0.3, -0.25) is 9.10 Å². The van der Waals surface area contributed by atoms with E-state index >= 15 is 0 Å². The van der Waals surface area contributed by atoms with Crippen molar-refractivity contribution in [2.24, 2.45) is 0 Å². The monoisotopic (exact) mass is 410 g/mol. The third-order valence-electron chi connectivity index (χ3n) is 4.03. The van der Waals surface area contributed by atoms with Crippen LogP contribution in [0, 0.1) is 5.82 Å². The van der Waals surface area contributed by atoms with Crippen LogP contribution in [0.2, 0.25) is 0 Å². The summed E-state index contributed by atoms with van der Waals surface area (Å²) in [6, 6.07) is 11.6. The molecule has 0 bridgehead atoms. The molecule has 7 nitrogen and oxygen atoms in total. The van der Waals surface area contributed by atoms with Gasteiger partial charge in [0.05, 0.1) is 18.5 Å². The molecule has 1 amide bonds. The van der Waals surface area contributed by atoms with Gasteiger partial charge in [0.15, 0.2) is 0 Å². The van der Waals surface area contributed by atoms with Crippen LogP contribution in [-0.4, -0.2) is 52.0 Å². The summed E-state index contributed by atoms with van der Waals surface area (Å²) in [7, 11) is -2.02. The van der Waals surface area contributed by atoms with E-state index in [-0.39, 0.29) is 24.7 Å². The maximum atomic E-state index is 13.1. The Morgan fingerprint density at radius 3 is 2.14 bits per heavy atom. The first-order valence-corrected chi connectivity index (χ1v) is 10.3. The molecule has 0 aliphatic rings. The van der Waals surface area contributed by atoms with Gasteiger partial charge in [0.1, 0.15) is 24.3 Å². The van der Waals surface area contributed by atoms with E-state index in [1.54, 1.807) is 31.3 Å². The van der Waals surface area contributed by atoms with Crippen molar-refractivity contribution in [2.75, 3.05) is 35.7 Å². The summed E-state index contributed by atoms with van der Waals surface area (Å²) in [5, 5.41) is 10.2. The lowest BCUT2D eigenvalue weighted by molar-refractivity contribution is -0.116. The molecule has 1 atom stereocenters. The van der Waals surface area contributed by atoms with Gasteiger partial charge < -0.3 is 14.7 Å². The normalized spacial score (nSPS) is 12.3. The van der Waals surface area contributed by atoms with Crippen LogP contribution in [-0.2, 0) is 14.8 Å². The van der Waals surface area contributed by atoms with Crippen molar-refractivity contribution < 1.29 is 27.4 Å². The van der Waals surface area contributed by atoms with Gasteiger partial charge in [-0.25, -0.2) is 12.8 Å². The number of halogens is 1. The molecule has 2 aromatic carbocycles. The van der Waals surface area contributed by atoms with Gasteiger partial charge in [0.2, 0.25) is 15.9 Å². The van der Waals surface area contributed by atoms with Crippen LogP contribution in [0.1, 0.15) is 6.92 Å². The number of carbonyl (C=O) groups excluding carboxylic acids is 1. The number of sulfonamides is 1. The summed E-state index contributed by atoms with van der Waals surface area (Å²) in [6.07, 6.45) is -0.104. The van der Waals surface area contributed by atoms with Crippen LogP contribution in [0.4, 0.5) is 15.8 Å². The number of aliphatic hydroxyl groups excluding tert-OH is 1. The summed E-state index contributed by atoms with van der Waals surface area (Å²) in [5.74, 6) is -0.127. The number of anilines is 2. The Morgan fingerprint density at radius 2 is 1.64 bits per heavy atom. The molecule has 0 aliphatic heterocycles. The number of ether oxygens (including phenoxy) is 1. The van der Waals surface area contributed by atoms with Gasteiger partial charge >= 0.3 is 0 Å². The fraction of sp³-hybridized carbons (Fsp3) is 0.316. The molecule has 2 rings (SSSR count). The van der Waals surface area contributed by atoms with Crippen molar-refractivity contribution in [3.05, 3.63) is 54.3 Å². The van der Waals surface area contributed by atoms with Gasteiger partial charge in [0.25, 0.3) is 0 Å². The Bertz CT molecular complexity index is 901. The predicted octanol–water partition coefficient (Wildman–Crippen LogP) is 2.01. The topological polar surface area (TPSA) is 87.2 Å². The number of nitrogens with zero attached hydrogens (tertiary/aromatic N) is 2. The molecule has 152 valence electrons. The SMILES string of the molecule is CC(=O)N(C)c1ccc(OC[C@@H](O)CN(c2ccc(F)cc2)S(C)(=O)=O)cc1. The number of benzene rings is 2. The summed E-state index contributed by atoms with van der Waals surface area (Å²) in [5.41, 5.74) is 0.944. The lowest BCUT2D eigenvalue weighted by atomic mass is 10.2. The zero-order chi connectivity index (χ0) is 20.9. The predicted molar refractivity (Wildman–Crippen MR) is 106 cm³/mol. The van der Waals surface area contributed by atoms with Crippen LogP contribution in [0.3, 0.4) is 0 Å². The number of hydrogen-bond acceptors (Lipinski definition) is 5. The number of rotatable bonds is 8. The third kappa shape index (κ3) is 5.93. The zero-order valence-electron chi connectivity index (χ0n) is 15.9. The van der Waals surface area contributed by atoms with E-state index in [0.29, 0.717) is 11.4 Å². The molecule has 1 N–H and O–H groups in total. The van der Waals surface area contributed by atoms with Crippen LogP contribution in [0.25, 0.3) is 0 Å². The van der Waals surface area contributed by atoms with Gasteiger partial charge in [-0.05, 0) is 48.5 Å². The maximum Gasteiger partial charge on any atom is 0.232 e. The molecule has 0 heterocycles. The van der Waals surface area contributed by atoms with Crippen molar-refractivity contribution in [1.29, 1.82) is 0 Å². The summed E-state index contributed by atoms with van der Waals surface area (Å²) < 4.78 is 43.6. The van der Waals surface area contributed by atoms with Gasteiger partial charge in [0, 0.05) is 19.7 Å². The van der Waals surface area contributed by atoms with Crippen LogP contribution in [0.5, 0.6) is 5.75 Å². The smallest absolute Gasteiger partial charge is 0.232 e. The Morgan fingerprint density at radius 1 is 1.11 bits per heavy atom. The van der Waals surface area contributed by atoms with Gasteiger partial charge in [-0.15, -0.1) is 0 Å². The Hall–Kier alpha value is -2.65. The zero-order valence-corrected chi connectivity index (χ0v) is 16.7. The highest BCUT2D eigenvalue weighted by molar-refractivity contribution is 7.92. The maximum absolute atomic E-state index is 13.1. The highest BCUT2D eigenvalue weighted by Crippen LogP contribution is 2.20. The minimum atomic E-state index is -3.67. The lowest BCUT2D eigenvalue weighted by Gasteiger charge is -2.25. The van der Waals surface area contributed by atoms with Gasteiger partial charge in [-0.2, -0.15) is 0 Å². The molecule has 0 fully saturated rings. The standard InChI is InChI=1S/C19H23FN2O5S/c1-14(23)21(2)16-8-10-19(11-9-16)27-13-18(24)12-22(28(3,25)26)17-6-4-15(20)5-7-17/h4-11,18,24H,12-13H2,1-3H3/t18-/m0/s1. The molecule has 0 unspecified atom stereocenters. The Labute approximate surface area is 164 Å². The van der Waals surface area contributed by atoms with Crippen LogP contribution < -0.4 is 13.9 Å². The number of carbonyl (C=O) groups is 1. The molecule has 0 saturated heterocycles. The number of hydrogen-bond donors (Lipinski definition) is 1. The second-order valence-corrected chi connectivity index (χ2v) is 8.21. The molecule has 9 heteroatoms. The Balaban J connectivity index is 2.00. The fourth-order valence-electron chi connectivity index (χ4n) is 2.42. The molecule has 0 aliphatic carbocycles. The highest BCUT2D eigenvalue weighted by Gasteiger charge is 2.21. The molecule has 0 spiro atoms. The molecule has 2 aromatic rings. The minimum Gasteiger partial charge on any atom is -0.491 e.